The van der Waals surface area contributed by atoms with E-state index in [1.165, 1.54) is 13.2 Å². The molecule has 0 saturated heterocycles. The monoisotopic (exact) mass is 404 g/mol. The van der Waals surface area contributed by atoms with Crippen LogP contribution in [-0.4, -0.2) is 28.0 Å². The number of benzene rings is 3. The van der Waals surface area contributed by atoms with Crippen molar-refractivity contribution in [2.24, 2.45) is 0 Å². The summed E-state index contributed by atoms with van der Waals surface area (Å²) in [5.41, 5.74) is 4.00. The van der Waals surface area contributed by atoms with E-state index in [1.807, 2.05) is 48.0 Å². The molecule has 0 aliphatic carbocycles. The first-order valence-corrected chi connectivity index (χ1v) is 9.56. The fraction of sp³-hybridized carbons (Fsp3) is 0.174. The molecule has 152 valence electrons. The Balaban J connectivity index is 1.43. The number of methoxy groups -OCH3 is 1. The van der Waals surface area contributed by atoms with Crippen LogP contribution in [0.2, 0.25) is 0 Å². The molecular weight excluding hydrogens is 383 g/mol. The van der Waals surface area contributed by atoms with E-state index in [9.17, 15) is 9.18 Å². The Morgan fingerprint density at radius 1 is 1.13 bits per heavy atom. The molecule has 0 unspecified atom stereocenters. The maximum Gasteiger partial charge on any atom is 0.251 e. The molecule has 0 spiro atoms. The standard InChI is InChI=1S/C23H21FN4O2/c1-15(18-11-12-22(30-2)19(24)13-18)25-23(29)17-9-7-16(8-10-17)14-28-21-6-4-3-5-20(21)26-27-28/h3-13,15H,14H2,1-2H3,(H,25,29)/t15-/m0/s1. The number of amides is 1. The van der Waals surface area contributed by atoms with Crippen LogP contribution in [0.25, 0.3) is 11.0 Å². The van der Waals surface area contributed by atoms with E-state index < -0.39 is 5.82 Å². The summed E-state index contributed by atoms with van der Waals surface area (Å²) in [4.78, 5) is 12.6. The summed E-state index contributed by atoms with van der Waals surface area (Å²) in [5, 5.41) is 11.2. The summed E-state index contributed by atoms with van der Waals surface area (Å²) in [6, 6.07) is 19.4. The SMILES string of the molecule is COc1ccc([C@H](C)NC(=O)c2ccc(Cn3nnc4ccccc43)cc2)cc1F. The van der Waals surface area contributed by atoms with Crippen LogP contribution in [0.4, 0.5) is 4.39 Å². The minimum absolute atomic E-state index is 0.174. The van der Waals surface area contributed by atoms with Gasteiger partial charge in [0.2, 0.25) is 0 Å². The Morgan fingerprint density at radius 2 is 1.90 bits per heavy atom. The Labute approximate surface area is 173 Å². The van der Waals surface area contributed by atoms with Gasteiger partial charge in [0.25, 0.3) is 5.91 Å². The van der Waals surface area contributed by atoms with Crippen molar-refractivity contribution in [1.82, 2.24) is 20.3 Å². The van der Waals surface area contributed by atoms with Crippen molar-refractivity contribution >= 4 is 16.9 Å². The molecule has 0 radical (unpaired) electrons. The zero-order chi connectivity index (χ0) is 21.1. The van der Waals surface area contributed by atoms with Crippen LogP contribution in [0.5, 0.6) is 5.75 Å². The Hall–Kier alpha value is -3.74. The number of rotatable bonds is 6. The highest BCUT2D eigenvalue weighted by molar-refractivity contribution is 5.94. The van der Waals surface area contributed by atoms with Crippen LogP contribution in [0.1, 0.15) is 34.5 Å². The van der Waals surface area contributed by atoms with Gasteiger partial charge in [0.15, 0.2) is 11.6 Å². The number of nitrogens with zero attached hydrogens (tertiary/aromatic N) is 3. The zero-order valence-electron chi connectivity index (χ0n) is 16.7. The van der Waals surface area contributed by atoms with E-state index in [1.54, 1.807) is 24.3 Å². The minimum atomic E-state index is -0.457. The molecule has 6 nitrogen and oxygen atoms in total. The predicted molar refractivity (Wildman–Crippen MR) is 112 cm³/mol. The van der Waals surface area contributed by atoms with Crippen LogP contribution in [0, 0.1) is 5.82 Å². The number of carbonyl (C=O) groups excluding carboxylic acids is 1. The second-order valence-electron chi connectivity index (χ2n) is 7.02. The van der Waals surface area contributed by atoms with Gasteiger partial charge in [0, 0.05) is 5.56 Å². The second kappa shape index (κ2) is 8.32. The molecule has 4 aromatic rings. The molecule has 1 aromatic heterocycles. The molecule has 30 heavy (non-hydrogen) atoms. The third-order valence-corrected chi connectivity index (χ3v) is 4.99. The number of aromatic nitrogens is 3. The van der Waals surface area contributed by atoms with Gasteiger partial charge in [0.1, 0.15) is 5.52 Å². The fourth-order valence-electron chi connectivity index (χ4n) is 3.28. The highest BCUT2D eigenvalue weighted by Gasteiger charge is 2.14. The van der Waals surface area contributed by atoms with Crippen molar-refractivity contribution in [1.29, 1.82) is 0 Å². The highest BCUT2D eigenvalue weighted by atomic mass is 19.1. The van der Waals surface area contributed by atoms with Gasteiger partial charge in [-0.3, -0.25) is 4.79 Å². The lowest BCUT2D eigenvalue weighted by Crippen LogP contribution is -2.26. The van der Waals surface area contributed by atoms with Gasteiger partial charge in [-0.05, 0) is 54.4 Å². The molecule has 1 heterocycles. The number of ether oxygens (including phenoxy) is 1. The van der Waals surface area contributed by atoms with Gasteiger partial charge >= 0.3 is 0 Å². The van der Waals surface area contributed by atoms with Crippen molar-refractivity contribution in [2.45, 2.75) is 19.5 Å². The van der Waals surface area contributed by atoms with Crippen molar-refractivity contribution < 1.29 is 13.9 Å². The minimum Gasteiger partial charge on any atom is -0.494 e. The summed E-state index contributed by atoms with van der Waals surface area (Å²) < 4.78 is 20.7. The van der Waals surface area contributed by atoms with E-state index in [0.29, 0.717) is 17.7 Å². The topological polar surface area (TPSA) is 69.0 Å². The van der Waals surface area contributed by atoms with E-state index in [4.69, 9.17) is 4.74 Å². The lowest BCUT2D eigenvalue weighted by atomic mass is 10.1. The largest absolute Gasteiger partial charge is 0.494 e. The molecule has 0 aliphatic rings. The number of para-hydroxylation sites is 1. The summed E-state index contributed by atoms with van der Waals surface area (Å²) in [6.45, 7) is 2.37. The van der Waals surface area contributed by atoms with Crippen LogP contribution < -0.4 is 10.1 Å². The molecule has 0 bridgehead atoms. The third-order valence-electron chi connectivity index (χ3n) is 4.99. The number of hydrogen-bond donors (Lipinski definition) is 1. The van der Waals surface area contributed by atoms with E-state index >= 15 is 0 Å². The second-order valence-corrected chi connectivity index (χ2v) is 7.02. The van der Waals surface area contributed by atoms with Crippen LogP contribution in [-0.2, 0) is 6.54 Å². The maximum atomic E-state index is 13.9. The number of hydrogen-bond acceptors (Lipinski definition) is 4. The average Bonchev–Trinajstić information content (AvgIpc) is 3.17. The highest BCUT2D eigenvalue weighted by Crippen LogP contribution is 2.22. The normalized spacial score (nSPS) is 12.0. The molecule has 0 fully saturated rings. The molecule has 1 atom stereocenters. The lowest BCUT2D eigenvalue weighted by molar-refractivity contribution is 0.0940. The molecule has 7 heteroatoms. The van der Waals surface area contributed by atoms with Gasteiger partial charge in [-0.15, -0.1) is 5.10 Å². The molecule has 1 amide bonds. The zero-order valence-corrected chi connectivity index (χ0v) is 16.7. The Bertz CT molecular complexity index is 1190. The van der Waals surface area contributed by atoms with Gasteiger partial charge < -0.3 is 10.1 Å². The summed E-state index contributed by atoms with van der Waals surface area (Å²) in [5.74, 6) is -0.509. The average molecular weight is 404 g/mol. The van der Waals surface area contributed by atoms with E-state index in [2.05, 4.69) is 15.6 Å². The summed E-state index contributed by atoms with van der Waals surface area (Å²) >= 11 is 0. The fourth-order valence-corrected chi connectivity index (χ4v) is 3.28. The third kappa shape index (κ3) is 4.00. The summed E-state index contributed by atoms with van der Waals surface area (Å²) in [7, 11) is 1.41. The first-order chi connectivity index (χ1) is 14.5. The first-order valence-electron chi connectivity index (χ1n) is 9.56. The number of halogens is 1. The molecule has 4 rings (SSSR count). The van der Waals surface area contributed by atoms with Crippen molar-refractivity contribution in [3.63, 3.8) is 0 Å². The van der Waals surface area contributed by atoms with Crippen molar-refractivity contribution in [3.8, 4) is 5.75 Å². The molecule has 0 aliphatic heterocycles. The lowest BCUT2D eigenvalue weighted by Gasteiger charge is -2.15. The predicted octanol–water partition coefficient (Wildman–Crippen LogP) is 4.12. The van der Waals surface area contributed by atoms with Crippen LogP contribution in [0.3, 0.4) is 0 Å². The van der Waals surface area contributed by atoms with Gasteiger partial charge in [-0.1, -0.05) is 35.5 Å². The maximum absolute atomic E-state index is 13.9. The van der Waals surface area contributed by atoms with E-state index in [0.717, 1.165) is 16.6 Å². The van der Waals surface area contributed by atoms with Crippen LogP contribution >= 0.6 is 0 Å². The van der Waals surface area contributed by atoms with Crippen molar-refractivity contribution in [3.05, 3.63) is 89.2 Å². The Morgan fingerprint density at radius 3 is 2.63 bits per heavy atom. The first kappa shape index (κ1) is 19.6. The number of fused-ring (bicyclic) bond motifs is 1. The van der Waals surface area contributed by atoms with Gasteiger partial charge in [-0.25, -0.2) is 9.07 Å². The van der Waals surface area contributed by atoms with Gasteiger partial charge in [0.05, 0.1) is 25.2 Å². The van der Waals surface area contributed by atoms with Crippen molar-refractivity contribution in [2.75, 3.05) is 7.11 Å². The molecule has 0 saturated carbocycles. The molecule has 1 N–H and O–H groups in total. The quantitative estimate of drug-likeness (QED) is 0.525. The van der Waals surface area contributed by atoms with E-state index in [-0.39, 0.29) is 17.7 Å². The van der Waals surface area contributed by atoms with Crippen LogP contribution in [0.15, 0.2) is 66.7 Å². The number of carbonyl (C=O) groups is 1. The van der Waals surface area contributed by atoms with Gasteiger partial charge in [-0.2, -0.15) is 0 Å². The molecule has 3 aromatic carbocycles. The Kier molecular flexibility index (Phi) is 5.43. The number of nitrogens with one attached hydrogen (secondary N) is 1. The summed E-state index contributed by atoms with van der Waals surface area (Å²) in [6.07, 6.45) is 0. The smallest absolute Gasteiger partial charge is 0.251 e. The molecular formula is C23H21FN4O2.